The third-order valence-corrected chi connectivity index (χ3v) is 21.4. The van der Waals surface area contributed by atoms with Crippen molar-refractivity contribution in [1.82, 2.24) is 4.98 Å². The fourth-order valence-electron chi connectivity index (χ4n) is 16.5. The zero-order valence-electron chi connectivity index (χ0n) is 57.2. The summed E-state index contributed by atoms with van der Waals surface area (Å²) in [4.78, 5) is 9.72. The Balaban J connectivity index is 0.848. The molecule has 1 aliphatic heterocycles. The monoisotopic (exact) mass is 1320 g/mol. The van der Waals surface area contributed by atoms with Crippen LogP contribution in [-0.4, -0.2) is 11.5 Å². The first-order valence-corrected chi connectivity index (χ1v) is 35.6. The van der Waals surface area contributed by atoms with E-state index in [4.69, 9.17) is 13.8 Å². The molecule has 0 radical (unpaired) electrons. The second kappa shape index (κ2) is 23.8. The molecule has 5 heteroatoms. The van der Waals surface area contributed by atoms with E-state index in [9.17, 15) is 0 Å². The van der Waals surface area contributed by atoms with Gasteiger partial charge in [0.1, 0.15) is 16.7 Å². The van der Waals surface area contributed by atoms with E-state index in [1.54, 1.807) is 0 Å². The number of rotatable bonds is 11. The van der Waals surface area contributed by atoms with Crippen LogP contribution in [0.3, 0.4) is 0 Å². The maximum absolute atomic E-state index is 7.89. The van der Waals surface area contributed by atoms with Crippen LogP contribution in [-0.2, 0) is 5.41 Å². The zero-order valence-corrected chi connectivity index (χ0v) is 57.2. The third-order valence-electron chi connectivity index (χ3n) is 21.4. The van der Waals surface area contributed by atoms with E-state index in [1.807, 2.05) is 12.3 Å². The number of aromatic nitrogens is 1. The van der Waals surface area contributed by atoms with Gasteiger partial charge in [-0.2, -0.15) is 0 Å². The minimum absolute atomic E-state index is 0.120. The highest BCUT2D eigenvalue weighted by Gasteiger charge is 2.30. The Bertz CT molecular complexity index is 6630. The number of fused-ring (bicyclic) bond motifs is 5. The van der Waals surface area contributed by atoms with Crippen molar-refractivity contribution in [2.24, 2.45) is 0 Å². The second-order valence-electron chi connectivity index (χ2n) is 28.5. The van der Waals surface area contributed by atoms with E-state index in [1.165, 1.54) is 60.1 Å². The Morgan fingerprint density at radius 3 is 1.68 bits per heavy atom. The molecule has 0 spiro atoms. The number of hydrogen-bond acceptors (Lipinski definition) is 5. The maximum atomic E-state index is 7.89. The Morgan fingerprint density at radius 2 is 0.932 bits per heavy atom. The number of pyridine rings is 1. The molecule has 1 aliphatic rings. The van der Waals surface area contributed by atoms with Crippen LogP contribution in [0.15, 0.2) is 349 Å². The van der Waals surface area contributed by atoms with E-state index >= 15 is 0 Å². The Morgan fingerprint density at radius 1 is 0.359 bits per heavy atom. The van der Waals surface area contributed by atoms with Crippen LogP contribution in [0.4, 0.5) is 22.7 Å². The van der Waals surface area contributed by atoms with E-state index in [2.05, 4.69) is 358 Å². The van der Waals surface area contributed by atoms with Crippen molar-refractivity contribution in [3.05, 3.63) is 351 Å². The predicted octanol–water partition coefficient (Wildman–Crippen LogP) is 27.3. The lowest BCUT2D eigenvalue weighted by molar-refractivity contribution is 0.590. The van der Waals surface area contributed by atoms with Crippen LogP contribution in [0.2, 0.25) is 0 Å². The van der Waals surface area contributed by atoms with Crippen molar-refractivity contribution < 1.29 is 8.83 Å². The maximum Gasteiger partial charge on any atom is 0.160 e. The van der Waals surface area contributed by atoms with Crippen LogP contribution >= 0.6 is 0 Å². The quantitative estimate of drug-likeness (QED) is 0.121. The first-order valence-electron chi connectivity index (χ1n) is 35.6. The Labute approximate surface area is 596 Å². The highest BCUT2D eigenvalue weighted by molar-refractivity contribution is 6.39. The Hall–Kier alpha value is -13.1. The van der Waals surface area contributed by atoms with Gasteiger partial charge in [0.15, 0.2) is 5.58 Å². The van der Waals surface area contributed by atoms with Gasteiger partial charge in [-0.3, -0.25) is 4.98 Å². The van der Waals surface area contributed by atoms with Crippen molar-refractivity contribution in [2.75, 3.05) is 16.3 Å². The van der Waals surface area contributed by atoms with E-state index < -0.39 is 0 Å². The third kappa shape index (κ3) is 9.94. The van der Waals surface area contributed by atoms with Gasteiger partial charge in [-0.1, -0.05) is 263 Å². The molecule has 0 fully saturated rings. The molecule has 0 unspecified atom stereocenters. The topological polar surface area (TPSA) is 45.7 Å². The van der Waals surface area contributed by atoms with E-state index in [0.29, 0.717) is 6.54 Å². The van der Waals surface area contributed by atoms with Crippen molar-refractivity contribution >= 4 is 126 Å². The van der Waals surface area contributed by atoms with Crippen LogP contribution in [0.25, 0.3) is 170 Å². The molecule has 103 heavy (non-hydrogen) atoms. The summed E-state index contributed by atoms with van der Waals surface area (Å²) in [5.41, 5.74) is 23.7. The first kappa shape index (κ1) is 59.9. The van der Waals surface area contributed by atoms with Crippen LogP contribution in [0.5, 0.6) is 0 Å². The molecule has 0 amide bonds. The van der Waals surface area contributed by atoms with Gasteiger partial charge >= 0.3 is 0 Å². The highest BCUT2D eigenvalue weighted by Crippen LogP contribution is 2.54. The summed E-state index contributed by atoms with van der Waals surface area (Å²) in [6.45, 7) is 7.52. The summed E-state index contributed by atoms with van der Waals surface area (Å²) in [5, 5.41) is 15.8. The van der Waals surface area contributed by atoms with E-state index in [0.717, 1.165) is 144 Å². The van der Waals surface area contributed by atoms with Gasteiger partial charge in [0, 0.05) is 80.3 Å². The van der Waals surface area contributed by atoms with Gasteiger partial charge in [-0.25, -0.2) is 0 Å². The fourth-order valence-corrected chi connectivity index (χ4v) is 16.5. The van der Waals surface area contributed by atoms with Crippen molar-refractivity contribution in [3.8, 4) is 66.9 Å². The highest BCUT2D eigenvalue weighted by atomic mass is 16.3. The summed E-state index contributed by atoms with van der Waals surface area (Å²) >= 11 is 0. The molecule has 4 heterocycles. The first-order chi connectivity index (χ1) is 50.7. The molecule has 486 valence electrons. The minimum Gasteiger partial charge on any atom is -0.455 e. The molecule has 0 saturated carbocycles. The second-order valence-corrected chi connectivity index (χ2v) is 28.5. The number of hydrogen-bond donors (Lipinski definition) is 0. The van der Waals surface area contributed by atoms with Crippen LogP contribution < -0.4 is 9.80 Å². The lowest BCUT2D eigenvalue weighted by atomic mass is 9.86. The minimum atomic E-state index is -0.120. The lowest BCUT2D eigenvalue weighted by Crippen LogP contribution is -2.18. The molecule has 3 aromatic heterocycles. The normalized spacial score (nSPS) is 12.8. The molecule has 0 bridgehead atoms. The Kier molecular flexibility index (Phi) is 13.8. The molecule has 0 saturated heterocycles. The van der Waals surface area contributed by atoms with Crippen molar-refractivity contribution in [3.63, 3.8) is 0 Å². The van der Waals surface area contributed by atoms with Crippen molar-refractivity contribution in [1.29, 1.82) is 0 Å². The van der Waals surface area contributed by atoms with E-state index in [-0.39, 0.29) is 5.41 Å². The SMILES string of the molecule is CC(C)(C)c1cccc(N(c2cccc(-c3ccccc3)c2)c2ccc3c4ccc(-c5cccc(-c6ccc(-c7c8ccccc8cc8ccccc78)cc6)c5)c5oc6c(-c7ccccc7-c7ccccn7)ccc(c7cc(N8C=CC(c9cccc%10ccccc9%10)=CC8)cc8oc2c3c87)c6c54)c1. The van der Waals surface area contributed by atoms with Gasteiger partial charge in [-0.05, 0) is 199 Å². The van der Waals surface area contributed by atoms with Gasteiger partial charge in [0.05, 0.1) is 11.4 Å². The zero-order chi connectivity index (χ0) is 68.4. The van der Waals surface area contributed by atoms with Crippen LogP contribution in [0.1, 0.15) is 31.9 Å². The summed E-state index contributed by atoms with van der Waals surface area (Å²) in [5.74, 6) is 0. The van der Waals surface area contributed by atoms with Gasteiger partial charge in [0.2, 0.25) is 0 Å². The average Bonchev–Trinajstić information content (AvgIpc) is 1.54. The summed E-state index contributed by atoms with van der Waals surface area (Å²) in [6, 6.07) is 115. The number of furan rings is 2. The molecule has 0 N–H and O–H groups in total. The molecule has 5 nitrogen and oxygen atoms in total. The number of anilines is 4. The lowest BCUT2D eigenvalue weighted by Gasteiger charge is -2.28. The average molecular weight is 1320 g/mol. The van der Waals surface area contributed by atoms with Crippen LogP contribution in [0, 0.1) is 0 Å². The number of allylic oxidation sites excluding steroid dienone is 2. The summed E-state index contributed by atoms with van der Waals surface area (Å²) < 4.78 is 15.7. The summed E-state index contributed by atoms with van der Waals surface area (Å²) in [7, 11) is 0. The largest absolute Gasteiger partial charge is 0.455 e. The molecule has 0 aliphatic carbocycles. The van der Waals surface area contributed by atoms with Crippen molar-refractivity contribution in [2.45, 2.75) is 26.2 Å². The molecule has 16 aromatic carbocycles. The molecular weight excluding hydrogens is 1250 g/mol. The van der Waals surface area contributed by atoms with Gasteiger partial charge in [-0.15, -0.1) is 0 Å². The fraction of sp³-hybridized carbons (Fsp3) is 0.0510. The van der Waals surface area contributed by atoms with Gasteiger partial charge < -0.3 is 18.6 Å². The number of nitrogens with zero attached hydrogens (tertiary/aromatic N) is 3. The smallest absolute Gasteiger partial charge is 0.160 e. The molecule has 19 aromatic rings. The molecular formula is C98H67N3O2. The van der Waals surface area contributed by atoms with Gasteiger partial charge in [0.25, 0.3) is 0 Å². The standard InChI is InChI=1S/C98H67N3O2/c1-98(2,3)71-30-20-32-73(58-71)101(72-31-18-28-67(57-72)61-21-5-4-6-22-61)88-49-48-83-82-45-44-79(70-29-17-27-66(55-70)62-40-42-65(43-41-62)90-77-34-11-8-24-68(77)56-69-25-9-12-35-78(69)90)95-93(82)94-84(46-47-85(96(94)103-95)80-36-13-14-37-81(80)87-39-15-16-52-99-87)86-59-74(60-89-91(86)92(83)97(88)102-89)100-53-50-64(51-54-100)76-38-19-26-63-23-7-10-33-75(63)76/h4-53,55-60H,54H2,1-3H3. The summed E-state index contributed by atoms with van der Waals surface area (Å²) in [6.07, 6.45) is 8.75. The molecule has 20 rings (SSSR count). The number of benzene rings is 15. The predicted molar refractivity (Wildman–Crippen MR) is 434 cm³/mol. The molecule has 0 atom stereocenters.